The van der Waals surface area contributed by atoms with Gasteiger partial charge in [-0.2, -0.15) is 5.26 Å². The Balaban J connectivity index is 1.56. The summed E-state index contributed by atoms with van der Waals surface area (Å²) >= 11 is 0. The lowest BCUT2D eigenvalue weighted by Gasteiger charge is -2.33. The van der Waals surface area contributed by atoms with Gasteiger partial charge < -0.3 is 14.4 Å². The van der Waals surface area contributed by atoms with Gasteiger partial charge in [-0.05, 0) is 83.1 Å². The van der Waals surface area contributed by atoms with Crippen molar-refractivity contribution in [2.24, 2.45) is 4.99 Å². The van der Waals surface area contributed by atoms with E-state index in [0.29, 0.717) is 22.9 Å². The van der Waals surface area contributed by atoms with Crippen molar-refractivity contribution in [2.45, 2.75) is 52.0 Å². The lowest BCUT2D eigenvalue weighted by atomic mass is 9.95. The number of halogens is 1. The Morgan fingerprint density at radius 2 is 1.94 bits per heavy atom. The highest BCUT2D eigenvalue weighted by Gasteiger charge is 2.27. The Morgan fingerprint density at radius 3 is 2.58 bits per heavy atom. The number of hydrogen-bond donors (Lipinski definition) is 0. The summed E-state index contributed by atoms with van der Waals surface area (Å²) in [7, 11) is 0. The minimum Gasteiger partial charge on any atom is -0.356 e. The van der Waals surface area contributed by atoms with Crippen LogP contribution in [0.5, 0.6) is 0 Å². The van der Waals surface area contributed by atoms with Crippen LogP contribution in [-0.2, 0) is 6.54 Å². The predicted octanol–water partition coefficient (Wildman–Crippen LogP) is 4.73. The number of aryl methyl sites for hydroxylation is 1. The number of allylic oxidation sites excluding steroid dienone is 1. The number of aromatic nitrogens is 2. The smallest absolute Gasteiger partial charge is 0.141 e. The molecule has 2 aliphatic rings. The first-order valence-corrected chi connectivity index (χ1v) is 11.9. The van der Waals surface area contributed by atoms with E-state index in [1.165, 1.54) is 32.0 Å². The van der Waals surface area contributed by atoms with Gasteiger partial charge in [0.15, 0.2) is 0 Å². The Hall–Kier alpha value is -2.98. The third kappa shape index (κ3) is 5.17. The lowest BCUT2D eigenvalue weighted by Crippen LogP contribution is -2.33. The molecular weight excluding hydrogens is 415 g/mol. The molecule has 0 aliphatic carbocycles. The number of aliphatic imine (C=N–C) groups is 1. The van der Waals surface area contributed by atoms with E-state index in [-0.39, 0.29) is 5.82 Å². The Labute approximate surface area is 196 Å². The Kier molecular flexibility index (Phi) is 7.24. The van der Waals surface area contributed by atoms with Crippen LogP contribution in [0.2, 0.25) is 0 Å². The van der Waals surface area contributed by atoms with E-state index in [9.17, 15) is 9.65 Å². The molecule has 6 nitrogen and oxygen atoms in total. The zero-order valence-corrected chi connectivity index (χ0v) is 19.7. The number of hydrogen-bond acceptors (Lipinski definition) is 5. The number of piperidine rings is 1. The van der Waals surface area contributed by atoms with Gasteiger partial charge >= 0.3 is 0 Å². The van der Waals surface area contributed by atoms with Gasteiger partial charge in [0.1, 0.15) is 17.5 Å². The molecule has 0 bridgehead atoms. The first-order chi connectivity index (χ1) is 16.0. The Bertz CT molecular complexity index is 1060. The number of rotatable bonds is 7. The van der Waals surface area contributed by atoms with Gasteiger partial charge in [-0.3, -0.25) is 0 Å². The molecule has 0 amide bonds. The molecule has 0 N–H and O–H groups in total. The molecule has 2 saturated heterocycles. The minimum atomic E-state index is -0.188. The number of benzene rings is 1. The van der Waals surface area contributed by atoms with Crippen molar-refractivity contribution in [1.29, 1.82) is 5.26 Å². The molecule has 7 heteroatoms. The third-order valence-electron chi connectivity index (χ3n) is 6.93. The molecule has 0 radical (unpaired) electrons. The topological polar surface area (TPSA) is 60.5 Å². The van der Waals surface area contributed by atoms with Gasteiger partial charge in [0.25, 0.3) is 0 Å². The SMILES string of the molecule is C=N/C(=C(\C)C#N)N1CCC(c2nc(-c3ccc(F)c(C)c3)cn2CCN2CCCC2)CC1. The second-order valence-electron chi connectivity index (χ2n) is 9.17. The summed E-state index contributed by atoms with van der Waals surface area (Å²) in [5.41, 5.74) is 3.10. The summed E-state index contributed by atoms with van der Waals surface area (Å²) in [5.74, 6) is 1.95. The highest BCUT2D eigenvalue weighted by Crippen LogP contribution is 2.32. The van der Waals surface area contributed by atoms with Gasteiger partial charge in [-0.1, -0.05) is 0 Å². The summed E-state index contributed by atoms with van der Waals surface area (Å²) in [4.78, 5) is 13.8. The van der Waals surface area contributed by atoms with E-state index in [0.717, 1.165) is 56.1 Å². The van der Waals surface area contributed by atoms with Crippen LogP contribution in [0.3, 0.4) is 0 Å². The van der Waals surface area contributed by atoms with E-state index in [4.69, 9.17) is 4.98 Å². The quantitative estimate of drug-likeness (QED) is 0.454. The van der Waals surface area contributed by atoms with Gasteiger partial charge in [0.05, 0.1) is 17.3 Å². The van der Waals surface area contributed by atoms with Crippen molar-refractivity contribution in [2.75, 3.05) is 32.7 Å². The monoisotopic (exact) mass is 448 g/mol. The van der Waals surface area contributed by atoms with Crippen LogP contribution in [0.1, 0.15) is 49.9 Å². The van der Waals surface area contributed by atoms with Crippen LogP contribution in [0.4, 0.5) is 4.39 Å². The number of nitrogens with zero attached hydrogens (tertiary/aromatic N) is 6. The summed E-state index contributed by atoms with van der Waals surface area (Å²) < 4.78 is 16.1. The fraction of sp³-hybridized carbons (Fsp3) is 0.500. The fourth-order valence-electron chi connectivity index (χ4n) is 4.99. The molecule has 33 heavy (non-hydrogen) atoms. The molecule has 174 valence electrons. The summed E-state index contributed by atoms with van der Waals surface area (Å²) in [5, 5.41) is 9.27. The number of nitriles is 1. The van der Waals surface area contributed by atoms with E-state index < -0.39 is 0 Å². The summed E-state index contributed by atoms with van der Waals surface area (Å²) in [6.45, 7) is 13.2. The normalized spacial score (nSPS) is 18.3. The minimum absolute atomic E-state index is 0.188. The maximum Gasteiger partial charge on any atom is 0.141 e. The standard InChI is InChI=1S/C26H33FN6/c1-19-16-22(6-7-23(19)27)24-18-33(15-14-31-10-4-5-11-31)26(30-24)21-8-12-32(13-9-21)25(29-3)20(2)17-28/h6-7,16,18,21H,3-5,8-15H2,1-2H3/b25-20-. The first-order valence-electron chi connectivity index (χ1n) is 11.9. The van der Waals surface area contributed by atoms with Gasteiger partial charge in [0, 0.05) is 43.9 Å². The molecule has 0 spiro atoms. The summed E-state index contributed by atoms with van der Waals surface area (Å²) in [6.07, 6.45) is 6.59. The highest BCUT2D eigenvalue weighted by molar-refractivity contribution is 5.60. The van der Waals surface area contributed by atoms with Crippen LogP contribution in [0.15, 0.2) is 40.8 Å². The molecule has 0 atom stereocenters. The van der Waals surface area contributed by atoms with Crippen molar-refractivity contribution >= 4 is 6.72 Å². The van der Waals surface area contributed by atoms with Gasteiger partial charge in [0.2, 0.25) is 0 Å². The largest absolute Gasteiger partial charge is 0.356 e. The number of imidazole rings is 1. The molecule has 0 saturated carbocycles. The van der Waals surface area contributed by atoms with Crippen molar-refractivity contribution in [3.05, 3.63) is 53.0 Å². The Morgan fingerprint density at radius 1 is 1.21 bits per heavy atom. The average Bonchev–Trinajstić information content (AvgIpc) is 3.50. The van der Waals surface area contributed by atoms with Crippen molar-refractivity contribution in [3.63, 3.8) is 0 Å². The van der Waals surface area contributed by atoms with Crippen molar-refractivity contribution in [1.82, 2.24) is 19.4 Å². The van der Waals surface area contributed by atoms with E-state index in [1.807, 2.05) is 12.1 Å². The molecule has 4 rings (SSSR count). The van der Waals surface area contributed by atoms with Crippen molar-refractivity contribution in [3.8, 4) is 17.3 Å². The van der Waals surface area contributed by atoms with Crippen LogP contribution in [0.25, 0.3) is 11.3 Å². The zero-order chi connectivity index (χ0) is 23.4. The maximum atomic E-state index is 13.8. The van der Waals surface area contributed by atoms with Crippen LogP contribution in [-0.4, -0.2) is 58.8 Å². The molecule has 0 unspecified atom stereocenters. The second-order valence-corrected chi connectivity index (χ2v) is 9.17. The predicted molar refractivity (Wildman–Crippen MR) is 129 cm³/mol. The van der Waals surface area contributed by atoms with Crippen LogP contribution < -0.4 is 0 Å². The molecular formula is C26H33FN6. The molecule has 1 aromatic heterocycles. The number of likely N-dealkylation sites (tertiary alicyclic amines) is 2. The zero-order valence-electron chi connectivity index (χ0n) is 19.7. The molecule has 2 aromatic rings. The van der Waals surface area contributed by atoms with Crippen LogP contribution >= 0.6 is 0 Å². The van der Waals surface area contributed by atoms with E-state index in [2.05, 4.69) is 38.3 Å². The fourth-order valence-corrected chi connectivity index (χ4v) is 4.99. The molecule has 2 fully saturated rings. The van der Waals surface area contributed by atoms with Crippen LogP contribution in [0, 0.1) is 24.1 Å². The lowest BCUT2D eigenvalue weighted by molar-refractivity contribution is 0.251. The first kappa shape index (κ1) is 23.2. The van der Waals surface area contributed by atoms with Gasteiger partial charge in [-0.15, -0.1) is 0 Å². The highest BCUT2D eigenvalue weighted by atomic mass is 19.1. The molecule has 3 heterocycles. The van der Waals surface area contributed by atoms with Gasteiger partial charge in [-0.25, -0.2) is 14.4 Å². The summed E-state index contributed by atoms with van der Waals surface area (Å²) in [6, 6.07) is 7.42. The average molecular weight is 449 g/mol. The van der Waals surface area contributed by atoms with Crippen molar-refractivity contribution < 1.29 is 4.39 Å². The third-order valence-corrected chi connectivity index (χ3v) is 6.93. The van der Waals surface area contributed by atoms with E-state index >= 15 is 0 Å². The molecule has 2 aliphatic heterocycles. The maximum absolute atomic E-state index is 13.8. The second kappa shape index (κ2) is 10.3. The van der Waals surface area contributed by atoms with E-state index in [1.54, 1.807) is 13.8 Å². The molecule has 1 aromatic carbocycles.